The second-order valence-electron chi connectivity index (χ2n) is 7.27. The molecule has 1 aliphatic rings. The third kappa shape index (κ3) is 3.68. The molecule has 0 bridgehead atoms. The molecule has 1 unspecified atom stereocenters. The second-order valence-corrected chi connectivity index (χ2v) is 7.27. The van der Waals surface area contributed by atoms with E-state index in [2.05, 4.69) is 32.0 Å². The number of primary amides is 1. The zero-order chi connectivity index (χ0) is 18.7. The van der Waals surface area contributed by atoms with Gasteiger partial charge in [0.25, 0.3) is 0 Å². The van der Waals surface area contributed by atoms with Crippen LogP contribution in [0.15, 0.2) is 42.5 Å². The van der Waals surface area contributed by atoms with Gasteiger partial charge in [0.2, 0.25) is 0 Å². The van der Waals surface area contributed by atoms with E-state index in [9.17, 15) is 4.79 Å². The highest BCUT2D eigenvalue weighted by atomic mass is 16.7. The number of amides is 1. The minimum absolute atomic E-state index is 0.174. The molecule has 138 valence electrons. The number of carbonyl (C=O) groups excluding carboxylic acids is 1. The lowest BCUT2D eigenvalue weighted by molar-refractivity contribution is 0.0147. The van der Waals surface area contributed by atoms with Gasteiger partial charge >= 0.3 is 6.09 Å². The molecule has 0 heterocycles. The molecule has 0 spiro atoms. The number of benzene rings is 2. The van der Waals surface area contributed by atoms with Gasteiger partial charge in [0.1, 0.15) is 11.9 Å². The number of ether oxygens (including phenoxy) is 3. The van der Waals surface area contributed by atoms with E-state index in [4.69, 9.17) is 19.9 Å². The van der Waals surface area contributed by atoms with Gasteiger partial charge in [-0.1, -0.05) is 44.2 Å². The van der Waals surface area contributed by atoms with Gasteiger partial charge in [0.05, 0.1) is 0 Å². The van der Waals surface area contributed by atoms with Crippen molar-refractivity contribution in [3.05, 3.63) is 53.6 Å². The first-order valence-corrected chi connectivity index (χ1v) is 8.72. The van der Waals surface area contributed by atoms with Gasteiger partial charge in [-0.2, -0.15) is 0 Å². The zero-order valence-electron chi connectivity index (χ0n) is 15.5. The monoisotopic (exact) mass is 355 g/mol. The Bertz CT molecular complexity index is 800. The average molecular weight is 355 g/mol. The van der Waals surface area contributed by atoms with E-state index < -0.39 is 6.09 Å². The second kappa shape index (κ2) is 7.38. The fourth-order valence-corrected chi connectivity index (χ4v) is 3.54. The first-order chi connectivity index (χ1) is 12.4. The highest BCUT2D eigenvalue weighted by molar-refractivity contribution is 5.72. The molecule has 0 aromatic heterocycles. The number of carbonyl (C=O) groups is 1. The van der Waals surface area contributed by atoms with Crippen molar-refractivity contribution < 1.29 is 19.0 Å². The van der Waals surface area contributed by atoms with Crippen LogP contribution < -0.4 is 10.5 Å². The van der Waals surface area contributed by atoms with Gasteiger partial charge in [-0.3, -0.25) is 0 Å². The molecule has 26 heavy (non-hydrogen) atoms. The summed E-state index contributed by atoms with van der Waals surface area (Å²) in [5.41, 5.74) is 9.34. The van der Waals surface area contributed by atoms with E-state index in [0.717, 1.165) is 35.3 Å². The first kappa shape index (κ1) is 18.3. The maximum absolute atomic E-state index is 11.5. The highest BCUT2D eigenvalue weighted by Gasteiger charge is 2.38. The van der Waals surface area contributed by atoms with Crippen molar-refractivity contribution in [1.82, 2.24) is 0 Å². The van der Waals surface area contributed by atoms with E-state index in [1.807, 2.05) is 24.3 Å². The van der Waals surface area contributed by atoms with Gasteiger partial charge in [-0.05, 0) is 41.7 Å². The molecule has 0 aliphatic heterocycles. The Kier molecular flexibility index (Phi) is 5.18. The third-order valence-electron chi connectivity index (χ3n) is 4.94. The Morgan fingerprint density at radius 2 is 2.00 bits per heavy atom. The minimum atomic E-state index is -0.745. The Balaban J connectivity index is 2.04. The van der Waals surface area contributed by atoms with E-state index >= 15 is 0 Å². The number of fused-ring (bicyclic) bond motifs is 1. The van der Waals surface area contributed by atoms with Gasteiger partial charge in [-0.25, -0.2) is 4.79 Å². The van der Waals surface area contributed by atoms with Gasteiger partial charge in [0, 0.05) is 18.1 Å². The maximum atomic E-state index is 11.5. The molecule has 2 aromatic carbocycles. The van der Waals surface area contributed by atoms with Crippen molar-refractivity contribution in [3.63, 3.8) is 0 Å². The summed E-state index contributed by atoms with van der Waals surface area (Å²) in [7, 11) is 1.59. The molecule has 0 radical (unpaired) electrons. The summed E-state index contributed by atoms with van der Waals surface area (Å²) in [4.78, 5) is 11.5. The number of rotatable bonds is 5. The summed E-state index contributed by atoms with van der Waals surface area (Å²) in [6, 6.07) is 14.1. The largest absolute Gasteiger partial charge is 0.467 e. The molecule has 0 saturated heterocycles. The molecule has 0 saturated carbocycles. The van der Waals surface area contributed by atoms with Gasteiger partial charge < -0.3 is 19.9 Å². The van der Waals surface area contributed by atoms with Crippen LogP contribution in [0.1, 0.15) is 37.5 Å². The van der Waals surface area contributed by atoms with Crippen molar-refractivity contribution >= 4 is 6.09 Å². The SMILES string of the molecule is COCOc1ccccc1-c1ccc2c(c1)C(OC(N)=O)C(C)(C)CC2. The topological polar surface area (TPSA) is 70.8 Å². The Morgan fingerprint density at radius 1 is 1.23 bits per heavy atom. The molecule has 5 heteroatoms. The van der Waals surface area contributed by atoms with Crippen molar-refractivity contribution in [1.29, 1.82) is 0 Å². The molecule has 1 atom stereocenters. The summed E-state index contributed by atoms with van der Waals surface area (Å²) in [6.45, 7) is 4.39. The number of nitrogens with two attached hydrogens (primary N) is 1. The molecule has 5 nitrogen and oxygen atoms in total. The summed E-state index contributed by atoms with van der Waals surface area (Å²) < 4.78 is 16.2. The molecular formula is C21H25NO4. The molecule has 3 rings (SSSR count). The highest BCUT2D eigenvalue weighted by Crippen LogP contribution is 2.47. The van der Waals surface area contributed by atoms with Gasteiger partial charge in [0.15, 0.2) is 6.79 Å². The molecule has 2 N–H and O–H groups in total. The predicted molar refractivity (Wildman–Crippen MR) is 99.9 cm³/mol. The molecule has 1 aliphatic carbocycles. The number of hydrogen-bond acceptors (Lipinski definition) is 4. The average Bonchev–Trinajstić information content (AvgIpc) is 2.62. The van der Waals surface area contributed by atoms with E-state index in [1.165, 1.54) is 5.56 Å². The number of hydrogen-bond donors (Lipinski definition) is 1. The van der Waals surface area contributed by atoms with Crippen LogP contribution in [0.4, 0.5) is 4.79 Å². The van der Waals surface area contributed by atoms with Crippen LogP contribution in [0.3, 0.4) is 0 Å². The fraction of sp³-hybridized carbons (Fsp3) is 0.381. The summed E-state index contributed by atoms with van der Waals surface area (Å²) in [5, 5.41) is 0. The maximum Gasteiger partial charge on any atom is 0.405 e. The minimum Gasteiger partial charge on any atom is -0.467 e. The lowest BCUT2D eigenvalue weighted by atomic mass is 9.71. The molecule has 2 aromatic rings. The lowest BCUT2D eigenvalue weighted by Gasteiger charge is -2.39. The van der Waals surface area contributed by atoms with Gasteiger partial charge in [-0.15, -0.1) is 0 Å². The number of methoxy groups -OCH3 is 1. The Labute approximate surface area is 154 Å². The van der Waals surface area contributed by atoms with Crippen LogP contribution in [-0.2, 0) is 15.9 Å². The normalized spacial score (nSPS) is 18.0. The predicted octanol–water partition coefficient (Wildman–Crippen LogP) is 4.45. The third-order valence-corrected chi connectivity index (χ3v) is 4.94. The van der Waals surface area contributed by atoms with Crippen molar-refractivity contribution in [3.8, 4) is 16.9 Å². The molecule has 1 amide bonds. The number of aryl methyl sites for hydroxylation is 1. The molecular weight excluding hydrogens is 330 g/mol. The van der Waals surface area contributed by atoms with E-state index in [1.54, 1.807) is 7.11 Å². The first-order valence-electron chi connectivity index (χ1n) is 8.72. The van der Waals surface area contributed by atoms with E-state index in [-0.39, 0.29) is 18.3 Å². The summed E-state index contributed by atoms with van der Waals surface area (Å²) in [6.07, 6.45) is 0.773. The quantitative estimate of drug-likeness (QED) is 0.805. The van der Waals surface area contributed by atoms with E-state index in [0.29, 0.717) is 0 Å². The van der Waals surface area contributed by atoms with Crippen molar-refractivity contribution in [2.45, 2.75) is 32.8 Å². The number of para-hydroxylation sites is 1. The summed E-state index contributed by atoms with van der Waals surface area (Å²) >= 11 is 0. The van der Waals surface area contributed by atoms with Crippen molar-refractivity contribution in [2.75, 3.05) is 13.9 Å². The van der Waals surface area contributed by atoms with Crippen LogP contribution in [0, 0.1) is 5.41 Å². The zero-order valence-corrected chi connectivity index (χ0v) is 15.5. The standard InChI is InChI=1S/C21H25NO4/c1-21(2)11-10-14-8-9-15(12-17(14)19(21)26-20(22)23)16-6-4-5-7-18(16)25-13-24-3/h4-9,12,19H,10-11,13H2,1-3H3,(H2,22,23). The fourth-order valence-electron chi connectivity index (χ4n) is 3.54. The molecule has 0 fully saturated rings. The summed E-state index contributed by atoms with van der Waals surface area (Å²) in [5.74, 6) is 0.747. The Hall–Kier alpha value is -2.53. The Morgan fingerprint density at radius 3 is 2.73 bits per heavy atom. The lowest BCUT2D eigenvalue weighted by Crippen LogP contribution is -2.33. The smallest absolute Gasteiger partial charge is 0.405 e. The van der Waals surface area contributed by atoms with Crippen LogP contribution in [-0.4, -0.2) is 20.0 Å². The van der Waals surface area contributed by atoms with Crippen LogP contribution in [0.5, 0.6) is 5.75 Å². The van der Waals surface area contributed by atoms with Crippen molar-refractivity contribution in [2.24, 2.45) is 11.1 Å². The van der Waals surface area contributed by atoms with Crippen LogP contribution in [0.2, 0.25) is 0 Å². The van der Waals surface area contributed by atoms with Crippen LogP contribution in [0.25, 0.3) is 11.1 Å². The van der Waals surface area contributed by atoms with Crippen LogP contribution >= 0.6 is 0 Å².